The number of aromatic hydroxyl groups is 1. The molecule has 3 N–H and O–H groups in total. The third-order valence-corrected chi connectivity index (χ3v) is 4.51. The molecule has 1 amide bonds. The number of phenolic OH excluding ortho intramolecular Hbond substituents is 1. The van der Waals surface area contributed by atoms with Gasteiger partial charge in [0.15, 0.2) is 0 Å². The summed E-state index contributed by atoms with van der Waals surface area (Å²) in [5, 5.41) is 16.5. The van der Waals surface area contributed by atoms with Gasteiger partial charge >= 0.3 is 0 Å². The fourth-order valence-electron chi connectivity index (χ4n) is 1.97. The van der Waals surface area contributed by atoms with E-state index in [0.29, 0.717) is 16.5 Å². The van der Waals surface area contributed by atoms with Gasteiger partial charge in [0.1, 0.15) is 10.6 Å². The van der Waals surface area contributed by atoms with Crippen LogP contribution in [0.1, 0.15) is 26.2 Å². The van der Waals surface area contributed by atoms with Crippen molar-refractivity contribution in [3.8, 4) is 5.75 Å². The van der Waals surface area contributed by atoms with Crippen LogP contribution in [0.5, 0.6) is 5.75 Å². The number of halogens is 1. The molecule has 1 aliphatic heterocycles. The number of rotatable bonds is 3. The van der Waals surface area contributed by atoms with Gasteiger partial charge in [-0.25, -0.2) is 4.98 Å². The fourth-order valence-corrected chi connectivity index (χ4v) is 2.89. The second-order valence-electron chi connectivity index (χ2n) is 4.87. The fraction of sp³-hybridized carbons (Fsp3) is 0.286. The lowest BCUT2D eigenvalue weighted by Crippen LogP contribution is -2.39. The summed E-state index contributed by atoms with van der Waals surface area (Å²) >= 11 is 1.43. The topological polar surface area (TPSA) is 74.2 Å². The summed E-state index contributed by atoms with van der Waals surface area (Å²) in [6, 6.07) is 4.91. The molecule has 0 atom stereocenters. The monoisotopic (exact) mass is 325 g/mol. The van der Waals surface area contributed by atoms with Crippen LogP contribution < -0.4 is 10.6 Å². The van der Waals surface area contributed by atoms with Gasteiger partial charge in [0.05, 0.1) is 11.2 Å². The van der Waals surface area contributed by atoms with Gasteiger partial charge in [0, 0.05) is 30.8 Å². The van der Waals surface area contributed by atoms with Crippen LogP contribution in [0.25, 0.3) is 0 Å². The van der Waals surface area contributed by atoms with E-state index in [4.69, 9.17) is 0 Å². The van der Waals surface area contributed by atoms with Gasteiger partial charge in [-0.3, -0.25) is 4.79 Å². The minimum Gasteiger partial charge on any atom is -0.508 e. The Morgan fingerprint density at radius 1 is 1.48 bits per heavy atom. The number of hydrogen-bond donors (Lipinski definition) is 3. The van der Waals surface area contributed by atoms with Gasteiger partial charge in [0.25, 0.3) is 5.91 Å². The van der Waals surface area contributed by atoms with Crippen molar-refractivity contribution in [1.82, 2.24) is 10.3 Å². The van der Waals surface area contributed by atoms with E-state index in [9.17, 15) is 9.90 Å². The van der Waals surface area contributed by atoms with Crippen molar-refractivity contribution in [3.05, 3.63) is 39.8 Å². The Morgan fingerprint density at radius 3 is 2.90 bits per heavy atom. The van der Waals surface area contributed by atoms with Crippen LogP contribution in [0.3, 0.4) is 0 Å². The maximum atomic E-state index is 12.2. The lowest BCUT2D eigenvalue weighted by atomic mass is 10.1. The molecule has 1 fully saturated rings. The van der Waals surface area contributed by atoms with Gasteiger partial charge < -0.3 is 15.7 Å². The SMILES string of the molecule is Cc1ccc(O)cc1NC(=O)c1cnc(C2CNC2)s1.Cl. The summed E-state index contributed by atoms with van der Waals surface area (Å²) in [6.45, 7) is 3.74. The second kappa shape index (κ2) is 6.43. The molecule has 0 radical (unpaired) electrons. The first-order chi connectivity index (χ1) is 9.63. The minimum atomic E-state index is -0.185. The molecule has 7 heteroatoms. The first-order valence-electron chi connectivity index (χ1n) is 6.41. The standard InChI is InChI=1S/C14H15N3O2S.ClH/c1-8-2-3-10(18)4-11(8)17-13(19)12-7-16-14(20-12)9-5-15-6-9;/h2-4,7,9,15,18H,5-6H2,1H3,(H,17,19);1H. The van der Waals surface area contributed by atoms with E-state index < -0.39 is 0 Å². The number of amides is 1. The van der Waals surface area contributed by atoms with E-state index in [-0.39, 0.29) is 24.1 Å². The van der Waals surface area contributed by atoms with E-state index in [1.54, 1.807) is 24.4 Å². The number of aryl methyl sites for hydroxylation is 1. The van der Waals surface area contributed by atoms with Crippen LogP contribution in [0.2, 0.25) is 0 Å². The number of carbonyl (C=O) groups is 1. The van der Waals surface area contributed by atoms with E-state index in [1.165, 1.54) is 11.3 Å². The zero-order chi connectivity index (χ0) is 14.1. The number of hydrogen-bond acceptors (Lipinski definition) is 5. The van der Waals surface area contributed by atoms with Crippen molar-refractivity contribution in [3.63, 3.8) is 0 Å². The molecule has 0 bridgehead atoms. The van der Waals surface area contributed by atoms with E-state index >= 15 is 0 Å². The van der Waals surface area contributed by atoms with Crippen molar-refractivity contribution in [2.45, 2.75) is 12.8 Å². The molecule has 2 aromatic rings. The summed E-state index contributed by atoms with van der Waals surface area (Å²) in [5.41, 5.74) is 1.53. The molecule has 3 rings (SSSR count). The second-order valence-corrected chi connectivity index (χ2v) is 5.93. The predicted octanol–water partition coefficient (Wildman–Crippen LogP) is 2.52. The lowest BCUT2D eigenvalue weighted by molar-refractivity contribution is 0.103. The number of nitrogens with zero attached hydrogens (tertiary/aromatic N) is 1. The van der Waals surface area contributed by atoms with Crippen molar-refractivity contribution in [2.75, 3.05) is 18.4 Å². The van der Waals surface area contributed by atoms with Gasteiger partial charge in [-0.1, -0.05) is 6.07 Å². The zero-order valence-corrected chi connectivity index (χ0v) is 13.1. The maximum absolute atomic E-state index is 12.2. The Morgan fingerprint density at radius 2 is 2.24 bits per heavy atom. The van der Waals surface area contributed by atoms with Crippen LogP contribution in [0, 0.1) is 6.92 Å². The van der Waals surface area contributed by atoms with Crippen molar-refractivity contribution < 1.29 is 9.90 Å². The Kier molecular flexibility index (Phi) is 4.82. The Bertz CT molecular complexity index is 655. The Hall–Kier alpha value is -1.63. The highest BCUT2D eigenvalue weighted by Gasteiger charge is 2.23. The van der Waals surface area contributed by atoms with Gasteiger partial charge in [-0.05, 0) is 18.6 Å². The Labute approximate surface area is 132 Å². The number of thiazole rings is 1. The van der Waals surface area contributed by atoms with Crippen LogP contribution in [0.4, 0.5) is 5.69 Å². The molecule has 112 valence electrons. The number of anilines is 1. The van der Waals surface area contributed by atoms with Crippen LogP contribution in [-0.4, -0.2) is 29.1 Å². The van der Waals surface area contributed by atoms with Crippen molar-refractivity contribution in [2.24, 2.45) is 0 Å². The van der Waals surface area contributed by atoms with Gasteiger partial charge in [0.2, 0.25) is 0 Å². The molecule has 2 heterocycles. The number of phenols is 1. The maximum Gasteiger partial charge on any atom is 0.267 e. The minimum absolute atomic E-state index is 0. The van der Waals surface area contributed by atoms with Crippen LogP contribution in [-0.2, 0) is 0 Å². The summed E-state index contributed by atoms with van der Waals surface area (Å²) in [4.78, 5) is 17.1. The molecular weight excluding hydrogens is 310 g/mol. The summed E-state index contributed by atoms with van der Waals surface area (Å²) < 4.78 is 0. The van der Waals surface area contributed by atoms with Crippen molar-refractivity contribution >= 4 is 35.3 Å². The summed E-state index contributed by atoms with van der Waals surface area (Å²) in [7, 11) is 0. The highest BCUT2D eigenvalue weighted by atomic mass is 35.5. The smallest absolute Gasteiger partial charge is 0.267 e. The molecular formula is C14H16ClN3O2S. The molecule has 0 unspecified atom stereocenters. The molecule has 21 heavy (non-hydrogen) atoms. The third kappa shape index (κ3) is 3.34. The molecule has 0 spiro atoms. The first kappa shape index (κ1) is 15.8. The molecule has 0 aliphatic carbocycles. The third-order valence-electron chi connectivity index (χ3n) is 3.35. The normalized spacial score (nSPS) is 14.1. The number of carbonyl (C=O) groups excluding carboxylic acids is 1. The van der Waals surface area contributed by atoms with Crippen LogP contribution >= 0.6 is 23.7 Å². The van der Waals surface area contributed by atoms with Gasteiger partial charge in [-0.2, -0.15) is 0 Å². The average molecular weight is 326 g/mol. The number of aromatic nitrogens is 1. The number of nitrogens with one attached hydrogen (secondary N) is 2. The largest absolute Gasteiger partial charge is 0.508 e. The zero-order valence-electron chi connectivity index (χ0n) is 11.4. The highest BCUT2D eigenvalue weighted by Crippen LogP contribution is 2.26. The van der Waals surface area contributed by atoms with Crippen molar-refractivity contribution in [1.29, 1.82) is 0 Å². The van der Waals surface area contributed by atoms with E-state index in [0.717, 1.165) is 23.7 Å². The molecule has 1 aromatic heterocycles. The summed E-state index contributed by atoms with van der Waals surface area (Å²) in [5.74, 6) is 0.384. The predicted molar refractivity (Wildman–Crippen MR) is 85.8 cm³/mol. The lowest BCUT2D eigenvalue weighted by Gasteiger charge is -2.24. The summed E-state index contributed by atoms with van der Waals surface area (Å²) in [6.07, 6.45) is 1.62. The Balaban J connectivity index is 0.00000161. The van der Waals surface area contributed by atoms with E-state index in [1.807, 2.05) is 6.92 Å². The molecule has 1 aliphatic rings. The van der Waals surface area contributed by atoms with Crippen LogP contribution in [0.15, 0.2) is 24.4 Å². The van der Waals surface area contributed by atoms with E-state index in [2.05, 4.69) is 15.6 Å². The molecule has 1 aromatic carbocycles. The highest BCUT2D eigenvalue weighted by molar-refractivity contribution is 7.13. The van der Waals surface area contributed by atoms with Gasteiger partial charge in [-0.15, -0.1) is 23.7 Å². The first-order valence-corrected chi connectivity index (χ1v) is 7.22. The molecule has 5 nitrogen and oxygen atoms in total. The average Bonchev–Trinajstić information content (AvgIpc) is 2.81. The molecule has 0 saturated carbocycles. The molecule has 1 saturated heterocycles. The quantitative estimate of drug-likeness (QED) is 0.810. The number of benzene rings is 1.